The molecule has 4 heteroatoms. The molecule has 2 aromatic heterocycles. The van der Waals surface area contributed by atoms with Crippen molar-refractivity contribution in [3.05, 3.63) is 65.4 Å². The lowest BCUT2D eigenvalue weighted by atomic mass is 10.1. The van der Waals surface area contributed by atoms with Gasteiger partial charge in [0.2, 0.25) is 0 Å². The fraction of sp³-hybridized carbons (Fsp3) is 0. The van der Waals surface area contributed by atoms with Gasteiger partial charge >= 0.3 is 0 Å². The van der Waals surface area contributed by atoms with Crippen LogP contribution in [0.4, 0.5) is 0 Å². The van der Waals surface area contributed by atoms with E-state index in [-0.39, 0.29) is 0 Å². The third kappa shape index (κ3) is 2.58. The smallest absolute Gasteiger partial charge is 0.158 e. The molecule has 0 atom stereocenters. The molecular formula is C15H11N3S. The highest BCUT2D eigenvalue weighted by atomic mass is 32.1. The Morgan fingerprint density at radius 2 is 1.74 bits per heavy atom. The fourth-order valence-corrected chi connectivity index (χ4v) is 2.06. The third-order valence-corrected chi connectivity index (χ3v) is 2.94. The largest absolute Gasteiger partial charge is 0.338 e. The summed E-state index contributed by atoms with van der Waals surface area (Å²) in [6.45, 7) is 0. The number of aromatic amines is 1. The normalized spacial score (nSPS) is 10.3. The molecule has 0 aliphatic rings. The molecule has 0 saturated heterocycles. The molecule has 0 aliphatic heterocycles. The van der Waals surface area contributed by atoms with Gasteiger partial charge in [-0.3, -0.25) is 4.98 Å². The maximum atomic E-state index is 5.23. The summed E-state index contributed by atoms with van der Waals surface area (Å²) in [6, 6.07) is 17.6. The third-order valence-electron chi connectivity index (χ3n) is 2.74. The Hall–Kier alpha value is -2.33. The maximum absolute atomic E-state index is 5.23. The van der Waals surface area contributed by atoms with Crippen LogP contribution in [0.1, 0.15) is 0 Å². The van der Waals surface area contributed by atoms with Crippen molar-refractivity contribution in [1.82, 2.24) is 15.0 Å². The van der Waals surface area contributed by atoms with Gasteiger partial charge in [-0.15, -0.1) is 0 Å². The fourth-order valence-electron chi connectivity index (χ4n) is 1.85. The summed E-state index contributed by atoms with van der Waals surface area (Å²) >= 11 is 5.23. The number of aromatic nitrogens is 3. The van der Waals surface area contributed by atoms with Crippen molar-refractivity contribution in [3.63, 3.8) is 0 Å². The van der Waals surface area contributed by atoms with E-state index in [4.69, 9.17) is 12.2 Å². The number of benzene rings is 1. The van der Waals surface area contributed by atoms with E-state index in [2.05, 4.69) is 15.0 Å². The van der Waals surface area contributed by atoms with Gasteiger partial charge in [0, 0.05) is 11.9 Å². The summed E-state index contributed by atoms with van der Waals surface area (Å²) in [4.78, 5) is 11.9. The van der Waals surface area contributed by atoms with Crippen LogP contribution in [-0.4, -0.2) is 15.0 Å². The quantitative estimate of drug-likeness (QED) is 0.715. The Morgan fingerprint density at radius 3 is 2.47 bits per heavy atom. The van der Waals surface area contributed by atoms with Crippen molar-refractivity contribution >= 4 is 12.2 Å². The minimum absolute atomic E-state index is 0.554. The first-order valence-electron chi connectivity index (χ1n) is 5.91. The van der Waals surface area contributed by atoms with Crippen molar-refractivity contribution in [2.45, 2.75) is 0 Å². The summed E-state index contributed by atoms with van der Waals surface area (Å²) in [5.74, 6) is 0.687. The molecule has 0 fully saturated rings. The maximum Gasteiger partial charge on any atom is 0.158 e. The second-order valence-electron chi connectivity index (χ2n) is 4.06. The molecule has 3 aromatic rings. The van der Waals surface area contributed by atoms with E-state index in [9.17, 15) is 0 Å². The van der Waals surface area contributed by atoms with Gasteiger partial charge in [-0.1, -0.05) is 48.6 Å². The lowest BCUT2D eigenvalue weighted by Crippen LogP contribution is -1.94. The van der Waals surface area contributed by atoms with Crippen molar-refractivity contribution in [1.29, 1.82) is 0 Å². The molecule has 0 bridgehead atoms. The highest BCUT2D eigenvalue weighted by Gasteiger charge is 2.04. The van der Waals surface area contributed by atoms with Crippen molar-refractivity contribution in [2.75, 3.05) is 0 Å². The Balaban J connectivity index is 2.15. The molecule has 92 valence electrons. The summed E-state index contributed by atoms with van der Waals surface area (Å²) in [5, 5.41) is 0. The number of hydrogen-bond acceptors (Lipinski definition) is 3. The van der Waals surface area contributed by atoms with E-state index in [0.717, 1.165) is 17.0 Å². The molecule has 0 aliphatic carbocycles. The molecule has 1 N–H and O–H groups in total. The first-order chi connectivity index (χ1) is 9.33. The Labute approximate surface area is 116 Å². The molecule has 0 spiro atoms. The molecule has 1 aromatic carbocycles. The highest BCUT2D eigenvalue weighted by molar-refractivity contribution is 7.71. The van der Waals surface area contributed by atoms with E-state index in [1.807, 2.05) is 54.6 Å². The van der Waals surface area contributed by atoms with Crippen LogP contribution in [-0.2, 0) is 0 Å². The van der Waals surface area contributed by atoms with Crippen molar-refractivity contribution in [2.24, 2.45) is 0 Å². The standard InChI is InChI=1S/C15H11N3S/c19-14-10-13(11-6-2-1-3-7-11)17-15(18-14)12-8-4-5-9-16-12/h1-10H,(H,17,18,19). The molecule has 0 amide bonds. The van der Waals surface area contributed by atoms with Crippen molar-refractivity contribution < 1.29 is 0 Å². The molecule has 0 saturated carbocycles. The Kier molecular flexibility index (Phi) is 3.16. The zero-order valence-electron chi connectivity index (χ0n) is 10.1. The lowest BCUT2D eigenvalue weighted by molar-refractivity contribution is 1.13. The minimum atomic E-state index is 0.554. The van der Waals surface area contributed by atoms with Crippen molar-refractivity contribution in [3.8, 4) is 22.8 Å². The molecule has 0 unspecified atom stereocenters. The van der Waals surface area contributed by atoms with E-state index < -0.39 is 0 Å². The summed E-state index contributed by atoms with van der Waals surface area (Å²) in [5.41, 5.74) is 2.81. The van der Waals surface area contributed by atoms with Gasteiger partial charge in [-0.25, -0.2) is 4.98 Å². The number of pyridine rings is 1. The first kappa shape index (κ1) is 11.7. The second kappa shape index (κ2) is 5.12. The van der Waals surface area contributed by atoms with Crippen LogP contribution >= 0.6 is 12.2 Å². The number of nitrogens with zero attached hydrogens (tertiary/aromatic N) is 2. The van der Waals surface area contributed by atoms with E-state index in [0.29, 0.717) is 10.5 Å². The molecule has 3 rings (SSSR count). The monoisotopic (exact) mass is 265 g/mol. The lowest BCUT2D eigenvalue weighted by Gasteiger charge is -2.05. The Morgan fingerprint density at radius 1 is 0.947 bits per heavy atom. The zero-order valence-corrected chi connectivity index (χ0v) is 10.9. The van der Waals surface area contributed by atoms with E-state index >= 15 is 0 Å². The average molecular weight is 265 g/mol. The molecular weight excluding hydrogens is 254 g/mol. The highest BCUT2D eigenvalue weighted by Crippen LogP contribution is 2.19. The van der Waals surface area contributed by atoms with Crippen LogP contribution in [0.15, 0.2) is 60.8 Å². The van der Waals surface area contributed by atoms with Crippen LogP contribution in [0.3, 0.4) is 0 Å². The SMILES string of the molecule is S=c1cc(-c2ccccc2)[nH]c(-c2ccccn2)n1. The minimum Gasteiger partial charge on any atom is -0.338 e. The summed E-state index contributed by atoms with van der Waals surface area (Å²) in [7, 11) is 0. The molecule has 0 radical (unpaired) electrons. The predicted molar refractivity (Wildman–Crippen MR) is 78.1 cm³/mol. The molecule has 19 heavy (non-hydrogen) atoms. The van der Waals surface area contributed by atoms with Crippen LogP contribution in [0.25, 0.3) is 22.8 Å². The molecule has 2 heterocycles. The predicted octanol–water partition coefficient (Wildman–Crippen LogP) is 3.87. The first-order valence-corrected chi connectivity index (χ1v) is 6.32. The average Bonchev–Trinajstić information content (AvgIpc) is 2.48. The van der Waals surface area contributed by atoms with Gasteiger partial charge in [-0.05, 0) is 23.8 Å². The van der Waals surface area contributed by atoms with Crippen LogP contribution in [0.5, 0.6) is 0 Å². The molecule has 3 nitrogen and oxygen atoms in total. The van der Waals surface area contributed by atoms with E-state index in [1.165, 1.54) is 0 Å². The summed E-state index contributed by atoms with van der Waals surface area (Å²) < 4.78 is 0.554. The van der Waals surface area contributed by atoms with Crippen LogP contribution in [0.2, 0.25) is 0 Å². The number of rotatable bonds is 2. The number of H-pyrrole nitrogens is 1. The van der Waals surface area contributed by atoms with Gasteiger partial charge in [0.05, 0.1) is 0 Å². The van der Waals surface area contributed by atoms with Gasteiger partial charge in [-0.2, -0.15) is 0 Å². The van der Waals surface area contributed by atoms with Gasteiger partial charge in [0.25, 0.3) is 0 Å². The number of hydrogen-bond donors (Lipinski definition) is 1. The zero-order chi connectivity index (χ0) is 13.1. The topological polar surface area (TPSA) is 41.6 Å². The van der Waals surface area contributed by atoms with Crippen LogP contribution < -0.4 is 0 Å². The van der Waals surface area contributed by atoms with E-state index in [1.54, 1.807) is 6.20 Å². The van der Waals surface area contributed by atoms with Crippen LogP contribution in [0, 0.1) is 4.64 Å². The summed E-state index contributed by atoms with van der Waals surface area (Å²) in [6.07, 6.45) is 1.74. The van der Waals surface area contributed by atoms with Gasteiger partial charge in [0.1, 0.15) is 10.3 Å². The van der Waals surface area contributed by atoms with Gasteiger partial charge < -0.3 is 4.98 Å². The second-order valence-corrected chi connectivity index (χ2v) is 4.48. The van der Waals surface area contributed by atoms with Gasteiger partial charge in [0.15, 0.2) is 5.82 Å². The Bertz CT molecular complexity index is 675. The number of nitrogens with one attached hydrogen (secondary N) is 1.